The number of hydrogen-bond donors (Lipinski definition) is 0. The topological polar surface area (TPSA) is 6.48 Å². The van der Waals surface area contributed by atoms with Crippen LogP contribution < -0.4 is 0 Å². The molecule has 0 bridgehead atoms. The Morgan fingerprint density at radius 2 is 1.69 bits per heavy atom. The summed E-state index contributed by atoms with van der Waals surface area (Å²) in [5.41, 5.74) is 0. The van der Waals surface area contributed by atoms with Gasteiger partial charge in [0, 0.05) is 25.0 Å². The molecule has 16 heavy (non-hydrogen) atoms. The van der Waals surface area contributed by atoms with Crippen LogP contribution >= 0.6 is 0 Å². The summed E-state index contributed by atoms with van der Waals surface area (Å²) < 4.78 is 0. The third kappa shape index (κ3) is 4.91. The molecule has 2 nitrogen and oxygen atoms in total. The van der Waals surface area contributed by atoms with Crippen molar-refractivity contribution in [1.82, 2.24) is 9.80 Å². The first-order valence-corrected chi connectivity index (χ1v) is 6.92. The Labute approximate surface area is 101 Å². The fourth-order valence-corrected chi connectivity index (χ4v) is 2.06. The molecule has 94 valence electrons. The minimum Gasteiger partial charge on any atom is -0.359 e. The van der Waals surface area contributed by atoms with Crippen LogP contribution in [0.3, 0.4) is 0 Å². The van der Waals surface area contributed by atoms with E-state index in [9.17, 15) is 0 Å². The van der Waals surface area contributed by atoms with Crippen molar-refractivity contribution >= 4 is 0 Å². The van der Waals surface area contributed by atoms with Crippen molar-refractivity contribution in [2.24, 2.45) is 0 Å². The Kier molecular flexibility index (Phi) is 6.36. The Morgan fingerprint density at radius 1 is 1.00 bits per heavy atom. The summed E-state index contributed by atoms with van der Waals surface area (Å²) in [5.74, 6) is 0. The first kappa shape index (κ1) is 13.4. The third-order valence-corrected chi connectivity index (χ3v) is 3.28. The normalized spacial score (nSPS) is 15.5. The molecule has 0 N–H and O–H groups in total. The molecule has 0 atom stereocenters. The van der Waals surface area contributed by atoms with E-state index in [0.717, 1.165) is 6.67 Å². The zero-order chi connectivity index (χ0) is 11.8. The van der Waals surface area contributed by atoms with Crippen molar-refractivity contribution in [3.63, 3.8) is 0 Å². The largest absolute Gasteiger partial charge is 0.359 e. The molecule has 0 saturated carbocycles. The summed E-state index contributed by atoms with van der Waals surface area (Å²) in [7, 11) is 0. The second-order valence-electron chi connectivity index (χ2n) is 5.13. The predicted octanol–water partition coefficient (Wildman–Crippen LogP) is 3.80. The molecule has 0 aromatic rings. The van der Waals surface area contributed by atoms with Gasteiger partial charge < -0.3 is 9.80 Å². The van der Waals surface area contributed by atoms with E-state index < -0.39 is 0 Å². The predicted molar refractivity (Wildman–Crippen MR) is 71.1 cm³/mol. The number of unbranched alkanes of at least 4 members (excludes halogenated alkanes) is 5. The summed E-state index contributed by atoms with van der Waals surface area (Å²) in [6.07, 6.45) is 12.8. The van der Waals surface area contributed by atoms with E-state index in [1.165, 1.54) is 45.1 Å². The van der Waals surface area contributed by atoms with Crippen molar-refractivity contribution in [2.75, 3.05) is 13.2 Å². The van der Waals surface area contributed by atoms with E-state index in [0.29, 0.717) is 6.04 Å². The molecule has 0 unspecified atom stereocenters. The molecule has 0 aliphatic carbocycles. The molecule has 0 fully saturated rings. The fourth-order valence-electron chi connectivity index (χ4n) is 2.06. The lowest BCUT2D eigenvalue weighted by Crippen LogP contribution is -2.30. The summed E-state index contributed by atoms with van der Waals surface area (Å²) in [6, 6.07) is 0.630. The maximum Gasteiger partial charge on any atom is 0.0896 e. The highest BCUT2D eigenvalue weighted by Crippen LogP contribution is 2.12. The highest BCUT2D eigenvalue weighted by Gasteiger charge is 2.13. The highest BCUT2D eigenvalue weighted by molar-refractivity contribution is 4.91. The molecule has 0 radical (unpaired) electrons. The van der Waals surface area contributed by atoms with Crippen molar-refractivity contribution in [1.29, 1.82) is 0 Å². The van der Waals surface area contributed by atoms with E-state index in [-0.39, 0.29) is 0 Å². The molecule has 1 rings (SSSR count). The van der Waals surface area contributed by atoms with Gasteiger partial charge in [0.15, 0.2) is 0 Å². The first-order chi connectivity index (χ1) is 7.74. The van der Waals surface area contributed by atoms with Crippen molar-refractivity contribution in [3.8, 4) is 0 Å². The van der Waals surface area contributed by atoms with E-state index in [1.807, 2.05) is 0 Å². The second kappa shape index (κ2) is 7.59. The van der Waals surface area contributed by atoms with Gasteiger partial charge in [-0.15, -0.1) is 0 Å². The Morgan fingerprint density at radius 3 is 2.31 bits per heavy atom. The molecule has 0 aromatic carbocycles. The van der Waals surface area contributed by atoms with E-state index in [4.69, 9.17) is 0 Å². The van der Waals surface area contributed by atoms with Gasteiger partial charge in [0.25, 0.3) is 0 Å². The average molecular weight is 224 g/mol. The van der Waals surface area contributed by atoms with Crippen LogP contribution in [0.15, 0.2) is 12.4 Å². The Balaban J connectivity index is 1.97. The molecule has 1 aliphatic heterocycles. The Bertz CT molecular complexity index is 199. The maximum absolute atomic E-state index is 2.43. The van der Waals surface area contributed by atoms with Crippen molar-refractivity contribution < 1.29 is 0 Å². The monoisotopic (exact) mass is 224 g/mol. The molecule has 0 amide bonds. The molecule has 1 aliphatic rings. The van der Waals surface area contributed by atoms with Gasteiger partial charge in [0.2, 0.25) is 0 Å². The first-order valence-electron chi connectivity index (χ1n) is 6.92. The second-order valence-corrected chi connectivity index (χ2v) is 5.13. The van der Waals surface area contributed by atoms with E-state index in [1.54, 1.807) is 0 Å². The number of rotatable bonds is 8. The Hall–Kier alpha value is -0.660. The van der Waals surface area contributed by atoms with E-state index >= 15 is 0 Å². The highest BCUT2D eigenvalue weighted by atomic mass is 15.3. The van der Waals surface area contributed by atoms with Gasteiger partial charge in [0.05, 0.1) is 6.67 Å². The SMILES string of the molecule is CCCCCCCCN1C=CN(C(C)C)C1. The van der Waals surface area contributed by atoms with Gasteiger partial charge in [-0.3, -0.25) is 0 Å². The number of nitrogens with zero attached hydrogens (tertiary/aromatic N) is 2. The van der Waals surface area contributed by atoms with Gasteiger partial charge in [-0.25, -0.2) is 0 Å². The third-order valence-electron chi connectivity index (χ3n) is 3.28. The van der Waals surface area contributed by atoms with Crippen LogP contribution in [0.1, 0.15) is 59.3 Å². The fraction of sp³-hybridized carbons (Fsp3) is 0.857. The molecule has 0 aromatic heterocycles. The van der Waals surface area contributed by atoms with Gasteiger partial charge in [-0.05, 0) is 20.3 Å². The van der Waals surface area contributed by atoms with Crippen LogP contribution in [0.5, 0.6) is 0 Å². The van der Waals surface area contributed by atoms with Crippen LogP contribution in [0.4, 0.5) is 0 Å². The van der Waals surface area contributed by atoms with Crippen LogP contribution in [-0.4, -0.2) is 29.1 Å². The minimum atomic E-state index is 0.630. The van der Waals surface area contributed by atoms with Gasteiger partial charge in [-0.1, -0.05) is 39.0 Å². The molecule has 0 saturated heterocycles. The lowest BCUT2D eigenvalue weighted by molar-refractivity contribution is 0.228. The van der Waals surface area contributed by atoms with E-state index in [2.05, 4.69) is 43.0 Å². The summed E-state index contributed by atoms with van der Waals surface area (Å²) in [5, 5.41) is 0. The zero-order valence-corrected chi connectivity index (χ0v) is 11.3. The molecular weight excluding hydrogens is 196 g/mol. The van der Waals surface area contributed by atoms with Crippen molar-refractivity contribution in [3.05, 3.63) is 12.4 Å². The number of hydrogen-bond acceptors (Lipinski definition) is 2. The summed E-state index contributed by atoms with van der Waals surface area (Å²) in [4.78, 5) is 4.82. The minimum absolute atomic E-state index is 0.630. The molecule has 1 heterocycles. The molecule has 0 spiro atoms. The van der Waals surface area contributed by atoms with Crippen LogP contribution in [-0.2, 0) is 0 Å². The van der Waals surface area contributed by atoms with Crippen LogP contribution in [0.25, 0.3) is 0 Å². The maximum atomic E-state index is 2.43. The van der Waals surface area contributed by atoms with Gasteiger partial charge >= 0.3 is 0 Å². The smallest absolute Gasteiger partial charge is 0.0896 e. The quantitative estimate of drug-likeness (QED) is 0.579. The molecular formula is C14H28N2. The average Bonchev–Trinajstić information content (AvgIpc) is 2.72. The van der Waals surface area contributed by atoms with Crippen LogP contribution in [0.2, 0.25) is 0 Å². The summed E-state index contributed by atoms with van der Waals surface area (Å²) >= 11 is 0. The lowest BCUT2D eigenvalue weighted by atomic mass is 10.1. The zero-order valence-electron chi connectivity index (χ0n) is 11.3. The standard InChI is InChI=1S/C14H28N2/c1-4-5-6-7-8-9-10-15-11-12-16(13-15)14(2)3/h11-12,14H,4-10,13H2,1-3H3. The molecule has 2 heteroatoms. The van der Waals surface area contributed by atoms with Crippen molar-refractivity contribution in [2.45, 2.75) is 65.3 Å². The van der Waals surface area contributed by atoms with Gasteiger partial charge in [0.1, 0.15) is 0 Å². The van der Waals surface area contributed by atoms with Crippen LogP contribution in [0, 0.1) is 0 Å². The lowest BCUT2D eigenvalue weighted by Gasteiger charge is -2.24. The van der Waals surface area contributed by atoms with Gasteiger partial charge in [-0.2, -0.15) is 0 Å². The summed E-state index contributed by atoms with van der Waals surface area (Å²) in [6.45, 7) is 9.09.